The summed E-state index contributed by atoms with van der Waals surface area (Å²) < 4.78 is 27.4. The normalized spacial score (nSPS) is 17.7. The van der Waals surface area contributed by atoms with E-state index in [4.69, 9.17) is 0 Å². The van der Waals surface area contributed by atoms with E-state index in [1.54, 1.807) is 6.92 Å². The van der Waals surface area contributed by atoms with E-state index in [1.165, 1.54) is 11.8 Å². The van der Waals surface area contributed by atoms with Crippen LogP contribution in [0.15, 0.2) is 47.4 Å². The fourth-order valence-corrected chi connectivity index (χ4v) is 3.96. The quantitative estimate of drug-likeness (QED) is 0.714. The van der Waals surface area contributed by atoms with Gasteiger partial charge in [-0.25, -0.2) is 8.78 Å². The van der Waals surface area contributed by atoms with Gasteiger partial charge in [0.1, 0.15) is 0 Å². The highest BCUT2D eigenvalue weighted by molar-refractivity contribution is 5.87. The largest absolute Gasteiger partial charge is 0.348 e. The van der Waals surface area contributed by atoms with E-state index < -0.39 is 23.2 Å². The molecule has 3 aromatic rings. The van der Waals surface area contributed by atoms with Gasteiger partial charge >= 0.3 is 0 Å². The number of fused-ring (bicyclic) bond motifs is 2. The van der Waals surface area contributed by atoms with Gasteiger partial charge in [-0.1, -0.05) is 24.3 Å². The molecule has 7 heteroatoms. The van der Waals surface area contributed by atoms with Crippen LogP contribution in [0.2, 0.25) is 0 Å². The third kappa shape index (κ3) is 3.53. The Kier molecular flexibility index (Phi) is 4.92. The van der Waals surface area contributed by atoms with E-state index in [2.05, 4.69) is 16.4 Å². The van der Waals surface area contributed by atoms with Crippen molar-refractivity contribution < 1.29 is 13.6 Å². The maximum absolute atomic E-state index is 13.8. The standard InChI is InChI=1S/C22H21F2N3O2/c1-12(17-10-25-21(28)16-9-19(24)18(23)8-15(16)17)26-22(29)20-7-13-5-3-4-6-14(13)11-27(20)2/h3-6,8-10,12,20H,7,11H2,1-2H3,(H,25,28)(H,26,29)/t12-,20-/m1/s1. The number of carbonyl (C=O) groups excluding carboxylic acids is 1. The van der Waals surface area contributed by atoms with Crippen molar-refractivity contribution in [3.05, 3.63) is 81.3 Å². The molecule has 1 aliphatic rings. The molecule has 2 aromatic carbocycles. The number of rotatable bonds is 3. The van der Waals surface area contributed by atoms with Crippen LogP contribution >= 0.6 is 0 Å². The molecule has 0 unspecified atom stereocenters. The van der Waals surface area contributed by atoms with E-state index in [0.29, 0.717) is 18.5 Å². The molecule has 0 radical (unpaired) electrons. The van der Waals surface area contributed by atoms with Gasteiger partial charge in [0.25, 0.3) is 5.56 Å². The van der Waals surface area contributed by atoms with Crippen LogP contribution in [0.5, 0.6) is 0 Å². The van der Waals surface area contributed by atoms with Crippen LogP contribution in [0, 0.1) is 11.6 Å². The lowest BCUT2D eigenvalue weighted by Gasteiger charge is -2.33. The first kappa shape index (κ1) is 19.3. The van der Waals surface area contributed by atoms with Crippen molar-refractivity contribution in [2.75, 3.05) is 7.05 Å². The van der Waals surface area contributed by atoms with E-state index in [9.17, 15) is 18.4 Å². The van der Waals surface area contributed by atoms with Gasteiger partial charge in [-0.05, 0) is 54.6 Å². The number of H-pyrrole nitrogens is 1. The zero-order valence-corrected chi connectivity index (χ0v) is 16.1. The Morgan fingerprint density at radius 3 is 2.55 bits per heavy atom. The minimum Gasteiger partial charge on any atom is -0.348 e. The molecule has 2 atom stereocenters. The van der Waals surface area contributed by atoms with Crippen molar-refractivity contribution in [2.24, 2.45) is 0 Å². The number of amides is 1. The Hall–Kier alpha value is -3.06. The number of nitrogens with zero attached hydrogens (tertiary/aromatic N) is 1. The first-order valence-corrected chi connectivity index (χ1v) is 9.43. The molecule has 1 aliphatic heterocycles. The second-order valence-electron chi connectivity index (χ2n) is 7.52. The molecule has 2 heterocycles. The molecule has 1 aromatic heterocycles. The van der Waals surface area contributed by atoms with Crippen molar-refractivity contribution in [1.82, 2.24) is 15.2 Å². The number of pyridine rings is 1. The molecule has 0 spiro atoms. The summed E-state index contributed by atoms with van der Waals surface area (Å²) in [7, 11) is 1.90. The van der Waals surface area contributed by atoms with Gasteiger partial charge in [-0.15, -0.1) is 0 Å². The van der Waals surface area contributed by atoms with E-state index >= 15 is 0 Å². The first-order valence-electron chi connectivity index (χ1n) is 9.43. The maximum Gasteiger partial charge on any atom is 0.255 e. The molecule has 0 aliphatic carbocycles. The van der Waals surface area contributed by atoms with Crippen LogP contribution in [-0.2, 0) is 17.8 Å². The molecule has 29 heavy (non-hydrogen) atoms. The van der Waals surface area contributed by atoms with E-state index in [1.807, 2.05) is 30.1 Å². The second kappa shape index (κ2) is 7.40. The third-order valence-electron chi connectivity index (χ3n) is 5.59. The second-order valence-corrected chi connectivity index (χ2v) is 7.52. The van der Waals surface area contributed by atoms with Crippen molar-refractivity contribution in [3.63, 3.8) is 0 Å². The lowest BCUT2D eigenvalue weighted by atomic mass is 9.93. The summed E-state index contributed by atoms with van der Waals surface area (Å²) >= 11 is 0. The number of hydrogen-bond donors (Lipinski definition) is 2. The maximum atomic E-state index is 13.8. The number of carbonyl (C=O) groups is 1. The molecule has 150 valence electrons. The fourth-order valence-electron chi connectivity index (χ4n) is 3.96. The predicted molar refractivity (Wildman–Crippen MR) is 106 cm³/mol. The number of halogens is 2. The summed E-state index contributed by atoms with van der Waals surface area (Å²) in [4.78, 5) is 29.5. The highest BCUT2D eigenvalue weighted by Crippen LogP contribution is 2.26. The van der Waals surface area contributed by atoms with Crippen molar-refractivity contribution in [1.29, 1.82) is 0 Å². The summed E-state index contributed by atoms with van der Waals surface area (Å²) in [5.41, 5.74) is 2.36. The predicted octanol–water partition coefficient (Wildman–Crippen LogP) is 3.04. The summed E-state index contributed by atoms with van der Waals surface area (Å²) in [6.45, 7) is 2.43. The van der Waals surface area contributed by atoms with Crippen LogP contribution in [0.4, 0.5) is 8.78 Å². The average Bonchev–Trinajstić information content (AvgIpc) is 2.69. The molecule has 1 amide bonds. The third-order valence-corrected chi connectivity index (χ3v) is 5.59. The average molecular weight is 397 g/mol. The van der Waals surface area contributed by atoms with Crippen LogP contribution in [0.25, 0.3) is 10.8 Å². The topological polar surface area (TPSA) is 65.2 Å². The minimum atomic E-state index is -1.08. The van der Waals surface area contributed by atoms with Crippen LogP contribution in [0.1, 0.15) is 29.7 Å². The Morgan fingerprint density at radius 2 is 1.83 bits per heavy atom. The highest BCUT2D eigenvalue weighted by Gasteiger charge is 2.30. The first-order chi connectivity index (χ1) is 13.8. The van der Waals surface area contributed by atoms with Gasteiger partial charge in [0, 0.05) is 12.7 Å². The zero-order chi connectivity index (χ0) is 20.7. The molecular weight excluding hydrogens is 376 g/mol. The van der Waals surface area contributed by atoms with Gasteiger partial charge in [0.2, 0.25) is 5.91 Å². The molecule has 0 fully saturated rings. The monoisotopic (exact) mass is 397 g/mol. The number of benzene rings is 2. The summed E-state index contributed by atoms with van der Waals surface area (Å²) in [6, 6.07) is 9.07. The van der Waals surface area contributed by atoms with Crippen LogP contribution in [-0.4, -0.2) is 28.9 Å². The number of nitrogens with one attached hydrogen (secondary N) is 2. The SMILES string of the molecule is C[C@@H](NC(=O)[C@H]1Cc2ccccc2CN1C)c1c[nH]c(=O)c2cc(F)c(F)cc12. The number of hydrogen-bond acceptors (Lipinski definition) is 3. The van der Waals surface area contributed by atoms with Gasteiger partial charge in [0.05, 0.1) is 17.5 Å². The molecule has 0 saturated heterocycles. The lowest BCUT2D eigenvalue weighted by molar-refractivity contribution is -0.127. The van der Waals surface area contributed by atoms with Gasteiger partial charge in [-0.2, -0.15) is 0 Å². The number of aromatic nitrogens is 1. The molecule has 2 N–H and O–H groups in total. The molecule has 0 bridgehead atoms. The minimum absolute atomic E-state index is 0.0474. The zero-order valence-electron chi connectivity index (χ0n) is 16.1. The molecular formula is C22H21F2N3O2. The van der Waals surface area contributed by atoms with Crippen molar-refractivity contribution in [2.45, 2.75) is 32.0 Å². The summed E-state index contributed by atoms with van der Waals surface area (Å²) in [5, 5.41) is 3.28. The molecule has 5 nitrogen and oxygen atoms in total. The number of likely N-dealkylation sites (N-methyl/N-ethyl adjacent to an activating group) is 1. The van der Waals surface area contributed by atoms with Gasteiger partial charge in [0.15, 0.2) is 11.6 Å². The van der Waals surface area contributed by atoms with Crippen LogP contribution in [0.3, 0.4) is 0 Å². The fraction of sp³-hybridized carbons (Fsp3) is 0.273. The van der Waals surface area contributed by atoms with Gasteiger partial charge in [-0.3, -0.25) is 14.5 Å². The van der Waals surface area contributed by atoms with Crippen molar-refractivity contribution >= 4 is 16.7 Å². The Morgan fingerprint density at radius 1 is 1.17 bits per heavy atom. The number of aromatic amines is 1. The van der Waals surface area contributed by atoms with Crippen LogP contribution < -0.4 is 10.9 Å². The summed E-state index contributed by atoms with van der Waals surface area (Å²) in [6.07, 6.45) is 2.03. The summed E-state index contributed by atoms with van der Waals surface area (Å²) in [5.74, 6) is -2.28. The van der Waals surface area contributed by atoms with E-state index in [0.717, 1.165) is 17.7 Å². The van der Waals surface area contributed by atoms with Crippen molar-refractivity contribution in [3.8, 4) is 0 Å². The Balaban J connectivity index is 1.61. The molecule has 0 saturated carbocycles. The lowest BCUT2D eigenvalue weighted by Crippen LogP contribution is -2.49. The highest BCUT2D eigenvalue weighted by atomic mass is 19.2. The van der Waals surface area contributed by atoms with Gasteiger partial charge < -0.3 is 10.3 Å². The van der Waals surface area contributed by atoms with E-state index in [-0.39, 0.29) is 22.7 Å². The smallest absolute Gasteiger partial charge is 0.255 e. The molecule has 4 rings (SSSR count). The Bertz CT molecular complexity index is 1160. The Labute approximate surface area is 166 Å².